The number of thioether (sulfide) groups is 1. The van der Waals surface area contributed by atoms with Crippen LogP contribution in [0.2, 0.25) is 0 Å². The summed E-state index contributed by atoms with van der Waals surface area (Å²) >= 11 is 3.97. The number of aromatic nitrogens is 3. The molecule has 1 aromatic carbocycles. The number of halogens is 2. The van der Waals surface area contributed by atoms with Gasteiger partial charge in [0.05, 0.1) is 17.0 Å². The molecular weight excluding hydrogens is 493 g/mol. The van der Waals surface area contributed by atoms with Gasteiger partial charge in [-0.3, -0.25) is 9.32 Å². The van der Waals surface area contributed by atoms with Crippen molar-refractivity contribution in [2.45, 2.75) is 5.03 Å². The summed E-state index contributed by atoms with van der Waals surface area (Å²) in [6.45, 7) is 0. The molecule has 1 amide bonds. The Kier molecular flexibility index (Phi) is 6.39. The van der Waals surface area contributed by atoms with Crippen LogP contribution in [0.15, 0.2) is 37.0 Å². The number of nitrogen functional groups attached to an aromatic ring is 1. The molecule has 0 saturated heterocycles. The minimum atomic E-state index is -0.819. The maximum absolute atomic E-state index is 13.9. The zero-order chi connectivity index (χ0) is 22.7. The summed E-state index contributed by atoms with van der Waals surface area (Å²) in [4.78, 5) is 28.4. The smallest absolute Gasteiger partial charge is 0.383 e. The van der Waals surface area contributed by atoms with Crippen LogP contribution in [0.5, 0.6) is 0 Å². The van der Waals surface area contributed by atoms with Gasteiger partial charge in [0.15, 0.2) is 7.05 Å². The first-order valence-electron chi connectivity index (χ1n) is 8.36. The molecule has 10 nitrogen and oxygen atoms in total. The Balaban J connectivity index is 1.95. The molecule has 0 aliphatic heterocycles. The summed E-state index contributed by atoms with van der Waals surface area (Å²) in [5.74, 6) is -1.65. The molecular formula is C18H12BrFN7O3S+. The van der Waals surface area contributed by atoms with E-state index in [9.17, 15) is 24.5 Å². The minimum absolute atomic E-state index is 0.0146. The quantitative estimate of drug-likeness (QED) is 0.349. The maximum atomic E-state index is 13.9. The number of benzene rings is 1. The van der Waals surface area contributed by atoms with Crippen LogP contribution in [0.1, 0.15) is 11.1 Å². The van der Waals surface area contributed by atoms with Gasteiger partial charge in [0.25, 0.3) is 0 Å². The van der Waals surface area contributed by atoms with Crippen LogP contribution >= 0.6 is 27.7 Å². The summed E-state index contributed by atoms with van der Waals surface area (Å²) < 4.78 is 20.3. The van der Waals surface area contributed by atoms with Crippen molar-refractivity contribution in [3.63, 3.8) is 0 Å². The zero-order valence-corrected chi connectivity index (χ0v) is 18.1. The summed E-state index contributed by atoms with van der Waals surface area (Å²) in [5, 5.41) is 23.9. The number of rotatable bonds is 5. The third kappa shape index (κ3) is 4.42. The normalized spacial score (nSPS) is 10.4. The van der Waals surface area contributed by atoms with Gasteiger partial charge < -0.3 is 11.1 Å². The van der Waals surface area contributed by atoms with Crippen LogP contribution in [-0.2, 0) is 11.8 Å². The molecule has 0 unspecified atom stereocenters. The molecule has 156 valence electrons. The largest absolute Gasteiger partial charge is 0.435 e. The molecule has 13 heteroatoms. The van der Waals surface area contributed by atoms with Gasteiger partial charge >= 0.3 is 11.3 Å². The van der Waals surface area contributed by atoms with Crippen molar-refractivity contribution in [3.05, 3.63) is 50.0 Å². The lowest BCUT2D eigenvalue weighted by Crippen LogP contribution is -2.34. The Bertz CT molecular complexity index is 1340. The molecule has 31 heavy (non-hydrogen) atoms. The van der Waals surface area contributed by atoms with E-state index in [1.54, 1.807) is 6.07 Å². The Morgan fingerprint density at radius 2 is 2.13 bits per heavy atom. The molecule has 2 aromatic heterocycles. The molecule has 3 aromatic rings. The lowest BCUT2D eigenvalue weighted by Gasteiger charge is -2.10. The molecule has 0 saturated carbocycles. The Labute approximate surface area is 186 Å². The van der Waals surface area contributed by atoms with Crippen molar-refractivity contribution in [2.75, 3.05) is 16.8 Å². The predicted molar refractivity (Wildman–Crippen MR) is 111 cm³/mol. The number of nitrogens with one attached hydrogen (secondary N) is 2. The molecule has 0 radical (unpaired) electrons. The van der Waals surface area contributed by atoms with Crippen molar-refractivity contribution in [1.82, 2.24) is 10.3 Å². The highest BCUT2D eigenvalue weighted by atomic mass is 79.9. The number of nitriles is 2. The highest BCUT2D eigenvalue weighted by molar-refractivity contribution is 9.10. The standard InChI is InChI=1S/C18H11BrFN7O3S/c1-27-15(18(29)30-26-27)14-9(5-21)16(23)25-17(10(14)6-22)31-7-13(28)24-12-3-2-8(19)4-11(12)20/h2-4H,7H2,1H3,(H3-,23,24,25,26,28,29)/p+1. The number of anilines is 2. The van der Waals surface area contributed by atoms with E-state index in [-0.39, 0.29) is 44.7 Å². The number of amides is 1. The van der Waals surface area contributed by atoms with E-state index in [0.29, 0.717) is 4.47 Å². The molecule has 3 rings (SSSR count). The van der Waals surface area contributed by atoms with Gasteiger partial charge in [-0.1, -0.05) is 32.4 Å². The van der Waals surface area contributed by atoms with Crippen LogP contribution in [0.4, 0.5) is 15.9 Å². The van der Waals surface area contributed by atoms with Gasteiger partial charge in [0.1, 0.15) is 39.9 Å². The van der Waals surface area contributed by atoms with Crippen LogP contribution < -0.4 is 21.4 Å². The second-order valence-corrected chi connectivity index (χ2v) is 7.88. The van der Waals surface area contributed by atoms with E-state index in [2.05, 4.69) is 31.5 Å². The first-order chi connectivity index (χ1) is 14.8. The molecule has 0 fully saturated rings. The highest BCUT2D eigenvalue weighted by Gasteiger charge is 2.31. The van der Waals surface area contributed by atoms with Gasteiger partial charge in [0.2, 0.25) is 5.91 Å². The Hall–Kier alpha value is -3.68. The average Bonchev–Trinajstić information content (AvgIpc) is 3.05. The number of pyridine rings is 1. The number of carbonyl (C=O) groups is 1. The van der Waals surface area contributed by atoms with Crippen molar-refractivity contribution in [3.8, 4) is 23.4 Å². The second-order valence-electron chi connectivity index (χ2n) is 6.00. The van der Waals surface area contributed by atoms with Crippen LogP contribution in [-0.4, -0.2) is 21.9 Å². The van der Waals surface area contributed by atoms with Gasteiger partial charge in [-0.15, -0.1) is 0 Å². The van der Waals surface area contributed by atoms with E-state index in [4.69, 9.17) is 10.3 Å². The van der Waals surface area contributed by atoms with Crippen molar-refractivity contribution in [2.24, 2.45) is 7.05 Å². The van der Waals surface area contributed by atoms with E-state index < -0.39 is 17.3 Å². The van der Waals surface area contributed by atoms with Gasteiger partial charge in [-0.25, -0.2) is 14.2 Å². The summed E-state index contributed by atoms with van der Waals surface area (Å²) in [6.07, 6.45) is 0. The molecule has 0 aliphatic carbocycles. The lowest BCUT2D eigenvalue weighted by molar-refractivity contribution is -0.730. The topological polar surface area (TPSA) is 165 Å². The number of aromatic amines is 1. The number of hydrogen-bond acceptors (Lipinski definition) is 8. The van der Waals surface area contributed by atoms with E-state index >= 15 is 0 Å². The molecule has 0 atom stereocenters. The Morgan fingerprint density at radius 1 is 1.42 bits per heavy atom. The number of H-pyrrole nitrogens is 1. The van der Waals surface area contributed by atoms with Crippen LogP contribution in [0, 0.1) is 28.5 Å². The molecule has 0 bridgehead atoms. The fraction of sp³-hybridized carbons (Fsp3) is 0.111. The number of aryl methyl sites for hydroxylation is 1. The molecule has 4 N–H and O–H groups in total. The van der Waals surface area contributed by atoms with Crippen LogP contribution in [0.25, 0.3) is 11.3 Å². The summed E-state index contributed by atoms with van der Waals surface area (Å²) in [5.41, 5.74) is 4.57. The third-order valence-corrected chi connectivity index (χ3v) is 5.47. The lowest BCUT2D eigenvalue weighted by atomic mass is 10.0. The van der Waals surface area contributed by atoms with Crippen molar-refractivity contribution >= 4 is 45.1 Å². The van der Waals surface area contributed by atoms with E-state index in [0.717, 1.165) is 11.8 Å². The average molecular weight is 505 g/mol. The number of hydrogen-bond donors (Lipinski definition) is 3. The van der Waals surface area contributed by atoms with Crippen molar-refractivity contribution in [1.29, 1.82) is 10.5 Å². The minimum Gasteiger partial charge on any atom is -0.383 e. The van der Waals surface area contributed by atoms with Gasteiger partial charge in [-0.2, -0.15) is 10.5 Å². The number of carbonyl (C=O) groups excluding carboxylic acids is 1. The first kappa shape index (κ1) is 22.0. The van der Waals surface area contributed by atoms with Gasteiger partial charge in [-0.05, 0) is 23.5 Å². The summed E-state index contributed by atoms with van der Waals surface area (Å²) in [6, 6.07) is 7.90. The highest BCUT2D eigenvalue weighted by Crippen LogP contribution is 2.33. The monoisotopic (exact) mass is 504 g/mol. The maximum Gasteiger partial charge on any atom is 0.435 e. The number of nitrogens with two attached hydrogens (primary N) is 1. The van der Waals surface area contributed by atoms with E-state index in [1.807, 2.05) is 12.1 Å². The molecule has 0 aliphatic rings. The zero-order valence-electron chi connectivity index (χ0n) is 15.7. The second kappa shape index (κ2) is 8.99. The fourth-order valence-electron chi connectivity index (χ4n) is 2.66. The molecule has 2 heterocycles. The van der Waals surface area contributed by atoms with Crippen LogP contribution in [0.3, 0.4) is 0 Å². The first-order valence-corrected chi connectivity index (χ1v) is 10.1. The molecule has 0 spiro atoms. The third-order valence-electron chi connectivity index (χ3n) is 4.00. The fourth-order valence-corrected chi connectivity index (χ4v) is 3.79. The predicted octanol–water partition coefficient (Wildman–Crippen LogP) is 1.81. The summed E-state index contributed by atoms with van der Waals surface area (Å²) in [7, 11) is 1.45. The SMILES string of the molecule is C[n+]1[nH]oc(=O)c1-c1c(C#N)c(N)nc(SCC(=O)Nc2ccc(Br)cc2F)c1C#N. The number of nitrogens with zero attached hydrogens (tertiary/aromatic N) is 4. The van der Waals surface area contributed by atoms with E-state index in [1.165, 1.54) is 23.9 Å². The van der Waals surface area contributed by atoms with Gasteiger partial charge in [0, 0.05) is 4.47 Å². The van der Waals surface area contributed by atoms with Crippen molar-refractivity contribution < 1.29 is 18.4 Å². The Morgan fingerprint density at radius 3 is 2.71 bits per heavy atom.